The Morgan fingerprint density at radius 2 is 1.64 bits per heavy atom. The predicted octanol–water partition coefficient (Wildman–Crippen LogP) is 1.86. The third-order valence-corrected chi connectivity index (χ3v) is 7.48. The standard InChI is InChI=1S/C23H28FN3O5S/c1-17-3-9-20(10-4-17)33(30,31)27-13-11-26(12-14-27)16-22(28)25-21(15-23(29)32-2)18-5-7-19(24)8-6-18/h3-10,21H,11-16H2,1-2H3,(H,25,28). The summed E-state index contributed by atoms with van der Waals surface area (Å²) in [6.45, 7) is 3.29. The third kappa shape index (κ3) is 6.59. The molecule has 1 fully saturated rings. The Morgan fingerprint density at radius 3 is 2.21 bits per heavy atom. The molecule has 1 heterocycles. The molecule has 0 aliphatic carbocycles. The van der Waals surface area contributed by atoms with Gasteiger partial charge in [0.1, 0.15) is 5.82 Å². The number of nitrogens with zero attached hydrogens (tertiary/aromatic N) is 2. The van der Waals surface area contributed by atoms with Gasteiger partial charge in [-0.25, -0.2) is 12.8 Å². The fraction of sp³-hybridized carbons (Fsp3) is 0.391. The highest BCUT2D eigenvalue weighted by Crippen LogP contribution is 2.20. The van der Waals surface area contributed by atoms with E-state index in [4.69, 9.17) is 4.74 Å². The number of ether oxygens (including phenoxy) is 1. The summed E-state index contributed by atoms with van der Waals surface area (Å²) in [6, 6.07) is 11.6. The number of methoxy groups -OCH3 is 1. The van der Waals surface area contributed by atoms with Gasteiger partial charge in [-0.2, -0.15) is 4.31 Å². The van der Waals surface area contributed by atoms with Gasteiger partial charge < -0.3 is 10.1 Å². The molecule has 0 aromatic heterocycles. The van der Waals surface area contributed by atoms with E-state index in [9.17, 15) is 22.4 Å². The van der Waals surface area contributed by atoms with Gasteiger partial charge in [-0.05, 0) is 36.8 Å². The monoisotopic (exact) mass is 477 g/mol. The maximum absolute atomic E-state index is 13.3. The number of sulfonamides is 1. The number of carbonyl (C=O) groups excluding carboxylic acids is 2. The molecule has 3 rings (SSSR count). The van der Waals surface area contributed by atoms with Crippen molar-refractivity contribution in [2.75, 3.05) is 39.8 Å². The molecule has 2 aromatic rings. The maximum Gasteiger partial charge on any atom is 0.307 e. The lowest BCUT2D eigenvalue weighted by atomic mass is 10.0. The normalized spacial score (nSPS) is 16.2. The first kappa shape index (κ1) is 24.8. The summed E-state index contributed by atoms with van der Waals surface area (Å²) in [4.78, 5) is 26.5. The van der Waals surface area contributed by atoms with Gasteiger partial charge in [0.25, 0.3) is 0 Å². The van der Waals surface area contributed by atoms with Gasteiger partial charge in [0, 0.05) is 26.2 Å². The molecule has 0 saturated carbocycles. The topological polar surface area (TPSA) is 96.0 Å². The zero-order chi connectivity index (χ0) is 24.0. The van der Waals surface area contributed by atoms with Crippen LogP contribution < -0.4 is 5.32 Å². The number of halogens is 1. The third-order valence-electron chi connectivity index (χ3n) is 5.56. The van der Waals surface area contributed by atoms with Crippen molar-refractivity contribution < 1.29 is 27.1 Å². The fourth-order valence-corrected chi connectivity index (χ4v) is 5.05. The first-order valence-corrected chi connectivity index (χ1v) is 12.0. The van der Waals surface area contributed by atoms with Crippen LogP contribution in [0.1, 0.15) is 23.6 Å². The van der Waals surface area contributed by atoms with Crippen molar-refractivity contribution in [3.05, 3.63) is 65.5 Å². The molecular weight excluding hydrogens is 449 g/mol. The van der Waals surface area contributed by atoms with Crippen LogP contribution in [-0.2, 0) is 24.3 Å². The SMILES string of the molecule is COC(=O)CC(NC(=O)CN1CCN(S(=O)(=O)c2ccc(C)cc2)CC1)c1ccc(F)cc1. The average Bonchev–Trinajstić information content (AvgIpc) is 2.79. The molecule has 1 saturated heterocycles. The molecule has 8 nitrogen and oxygen atoms in total. The zero-order valence-electron chi connectivity index (χ0n) is 18.7. The maximum atomic E-state index is 13.3. The summed E-state index contributed by atoms with van der Waals surface area (Å²) in [6.07, 6.45) is -0.0869. The molecule has 1 N–H and O–H groups in total. The first-order chi connectivity index (χ1) is 15.7. The van der Waals surface area contributed by atoms with E-state index in [-0.39, 0.29) is 36.9 Å². The smallest absolute Gasteiger partial charge is 0.307 e. The number of rotatable bonds is 8. The Morgan fingerprint density at radius 1 is 1.03 bits per heavy atom. The lowest BCUT2D eigenvalue weighted by Gasteiger charge is -2.33. The minimum Gasteiger partial charge on any atom is -0.469 e. The molecule has 0 bridgehead atoms. The van der Waals surface area contributed by atoms with Crippen LogP contribution in [0, 0.1) is 12.7 Å². The van der Waals surface area contributed by atoms with Crippen molar-refractivity contribution in [3.8, 4) is 0 Å². The summed E-state index contributed by atoms with van der Waals surface area (Å²) in [5, 5.41) is 2.80. The Kier molecular flexibility index (Phi) is 8.17. The van der Waals surface area contributed by atoms with Crippen LogP contribution >= 0.6 is 0 Å². The molecular formula is C23H28FN3O5S. The van der Waals surface area contributed by atoms with Crippen LogP contribution in [0.3, 0.4) is 0 Å². The molecule has 1 amide bonds. The largest absolute Gasteiger partial charge is 0.469 e. The molecule has 0 spiro atoms. The van der Waals surface area contributed by atoms with Gasteiger partial charge in [0.05, 0.1) is 31.0 Å². The number of aryl methyl sites for hydroxylation is 1. The van der Waals surface area contributed by atoms with Crippen LogP contribution in [-0.4, -0.2) is 69.3 Å². The number of nitrogens with one attached hydrogen (secondary N) is 1. The summed E-state index contributed by atoms with van der Waals surface area (Å²) < 4.78 is 45.1. The van der Waals surface area contributed by atoms with E-state index in [1.807, 2.05) is 11.8 Å². The molecule has 0 radical (unpaired) electrons. The number of hydrogen-bond donors (Lipinski definition) is 1. The van der Waals surface area contributed by atoms with E-state index in [0.717, 1.165) is 5.56 Å². The highest BCUT2D eigenvalue weighted by molar-refractivity contribution is 7.89. The second kappa shape index (κ2) is 10.9. The van der Waals surface area contributed by atoms with Crippen LogP contribution in [0.25, 0.3) is 0 Å². The van der Waals surface area contributed by atoms with Crippen LogP contribution in [0.2, 0.25) is 0 Å². The highest BCUT2D eigenvalue weighted by Gasteiger charge is 2.29. The van der Waals surface area contributed by atoms with Crippen LogP contribution in [0.5, 0.6) is 0 Å². The summed E-state index contributed by atoms with van der Waals surface area (Å²) >= 11 is 0. The van der Waals surface area contributed by atoms with Gasteiger partial charge in [-0.15, -0.1) is 0 Å². The van der Waals surface area contributed by atoms with Gasteiger partial charge >= 0.3 is 5.97 Å². The lowest BCUT2D eigenvalue weighted by Crippen LogP contribution is -2.51. The number of amides is 1. The summed E-state index contributed by atoms with van der Waals surface area (Å²) in [7, 11) is -2.32. The average molecular weight is 478 g/mol. The van der Waals surface area contributed by atoms with Crippen molar-refractivity contribution in [2.45, 2.75) is 24.3 Å². The van der Waals surface area contributed by atoms with E-state index < -0.39 is 27.9 Å². The van der Waals surface area contributed by atoms with Crippen molar-refractivity contribution >= 4 is 21.9 Å². The minimum atomic E-state index is -3.58. The van der Waals surface area contributed by atoms with E-state index in [1.165, 1.54) is 35.7 Å². The second-order valence-corrected chi connectivity index (χ2v) is 9.88. The van der Waals surface area contributed by atoms with E-state index in [0.29, 0.717) is 18.7 Å². The molecule has 2 aromatic carbocycles. The highest BCUT2D eigenvalue weighted by atomic mass is 32.2. The minimum absolute atomic E-state index is 0.0529. The van der Waals surface area contributed by atoms with E-state index in [2.05, 4.69) is 5.32 Å². The molecule has 33 heavy (non-hydrogen) atoms. The van der Waals surface area contributed by atoms with Crippen molar-refractivity contribution in [3.63, 3.8) is 0 Å². The summed E-state index contributed by atoms with van der Waals surface area (Å²) in [5.74, 6) is -1.23. The Labute approximate surface area is 193 Å². The van der Waals surface area contributed by atoms with Crippen LogP contribution in [0.15, 0.2) is 53.4 Å². The van der Waals surface area contributed by atoms with Gasteiger partial charge in [-0.3, -0.25) is 14.5 Å². The van der Waals surface area contributed by atoms with Crippen LogP contribution in [0.4, 0.5) is 4.39 Å². The fourth-order valence-electron chi connectivity index (χ4n) is 3.63. The zero-order valence-corrected chi connectivity index (χ0v) is 19.5. The van der Waals surface area contributed by atoms with E-state index >= 15 is 0 Å². The van der Waals surface area contributed by atoms with Crippen molar-refractivity contribution in [2.24, 2.45) is 0 Å². The number of piperazine rings is 1. The molecule has 178 valence electrons. The number of esters is 1. The second-order valence-electron chi connectivity index (χ2n) is 7.95. The molecule has 1 aliphatic heterocycles. The summed E-state index contributed by atoms with van der Waals surface area (Å²) in [5.41, 5.74) is 1.57. The number of carbonyl (C=O) groups is 2. The van der Waals surface area contributed by atoms with E-state index in [1.54, 1.807) is 24.3 Å². The quantitative estimate of drug-likeness (QED) is 0.583. The number of benzene rings is 2. The predicted molar refractivity (Wildman–Crippen MR) is 120 cm³/mol. The Bertz CT molecular complexity index is 1070. The van der Waals surface area contributed by atoms with Gasteiger partial charge in [-0.1, -0.05) is 29.8 Å². The molecule has 10 heteroatoms. The molecule has 1 atom stereocenters. The lowest BCUT2D eigenvalue weighted by molar-refractivity contribution is -0.141. The Balaban J connectivity index is 1.57. The number of hydrogen-bond acceptors (Lipinski definition) is 6. The van der Waals surface area contributed by atoms with Gasteiger partial charge in [0.15, 0.2) is 0 Å². The molecule has 1 aliphatic rings. The Hall–Kier alpha value is -2.82. The van der Waals surface area contributed by atoms with Crippen molar-refractivity contribution in [1.29, 1.82) is 0 Å². The van der Waals surface area contributed by atoms with Gasteiger partial charge in [0.2, 0.25) is 15.9 Å². The molecule has 1 unspecified atom stereocenters. The van der Waals surface area contributed by atoms with Crippen molar-refractivity contribution in [1.82, 2.24) is 14.5 Å². The first-order valence-electron chi connectivity index (χ1n) is 10.6.